The number of imidazole rings is 4. The third-order valence-electron chi connectivity index (χ3n) is 21.0. The number of hydrogen-bond acceptors (Lipinski definition) is 50. The van der Waals surface area contributed by atoms with E-state index in [1.807, 2.05) is 0 Å². The predicted octanol–water partition coefficient (Wildman–Crippen LogP) is -1.56. The van der Waals surface area contributed by atoms with Gasteiger partial charge in [-0.15, -0.1) is 0 Å². The minimum Gasteiger partial charge on any atom is -0.780 e. The average Bonchev–Trinajstić information content (AvgIpc) is 1.63. The summed E-state index contributed by atoms with van der Waals surface area (Å²) in [6.45, 7) is -27.4. The molecular weight excluding hydrogens is 1920 g/mol. The zero-order chi connectivity index (χ0) is 90.3. The van der Waals surface area contributed by atoms with E-state index in [2.05, 4.69) is 69.8 Å². The maximum absolute atomic E-state index is 15.0. The molecule has 12 unspecified atom stereocenters. The first-order chi connectivity index (χ1) is 60.2. The van der Waals surface area contributed by atoms with Crippen LogP contribution in [-0.2, 0) is 159 Å². The van der Waals surface area contributed by atoms with E-state index in [9.17, 15) is 53.0 Å². The summed E-state index contributed by atoms with van der Waals surface area (Å²) in [5.74, 6) is -0.237. The van der Waals surface area contributed by atoms with E-state index in [0.29, 0.717) is 6.42 Å². The zero-order valence-electron chi connectivity index (χ0n) is 66.0. The number of aromatic amines is 3. The van der Waals surface area contributed by atoms with E-state index in [4.69, 9.17) is 177 Å². The van der Waals surface area contributed by atoms with Gasteiger partial charge in [0.2, 0.25) is 5.95 Å². The van der Waals surface area contributed by atoms with Gasteiger partial charge in [0.1, 0.15) is 137 Å². The smallest absolute Gasteiger partial charge is 0.330 e. The SMILES string of the molecule is CC[C@H]1O[C@@H](n2cc(C)c(=O)[nH]c2=O)CC1OP([O-])(=S)OC[C@H]1O[C@@H](n2cnc3c(N)ncnc32)CC1OP([O-])(=S)OC[C@H]1O[C@@H](n2cnc3c(N)ncnc32)CC1OP(=O)([S-])OC[C@H]1O[C@@H](n2cnc3c(N)ncnc32)CC1OP([O-])(=S)OC[C@H]1O[C@@H](n2cc(C)c(=O)[nH]c2=O)CC1OP([O-])(=S)OC[C@H]1O[C@@H](n2cnc3c(=O)[nH]c(N)nc32)CC1OP([O-])(=S)OC. The molecule has 6 aliphatic heterocycles. The number of nitrogens with two attached hydrogens (primary N) is 4. The fraction of sp³-hybridized carbons (Fsp3) is 0.548. The number of aromatic nitrogens is 20. The van der Waals surface area contributed by atoms with Crippen molar-refractivity contribution in [1.29, 1.82) is 0 Å². The van der Waals surface area contributed by atoms with Crippen molar-refractivity contribution < 1.29 is 112 Å². The van der Waals surface area contributed by atoms with Gasteiger partial charge in [0.25, 0.3) is 16.7 Å². The molecule has 688 valence electrons. The van der Waals surface area contributed by atoms with Gasteiger partial charge in [-0.1, -0.05) is 66.0 Å². The van der Waals surface area contributed by atoms with Crippen molar-refractivity contribution in [2.45, 2.75) is 176 Å². The Hall–Kier alpha value is -6.53. The number of nitrogen functional groups attached to an aromatic ring is 4. The number of anilines is 4. The van der Waals surface area contributed by atoms with E-state index in [1.54, 1.807) is 6.92 Å². The number of H-pyrrole nitrogens is 3. The Morgan fingerprint density at radius 3 is 1.04 bits per heavy atom. The fourth-order valence-electron chi connectivity index (χ4n) is 15.0. The Balaban J connectivity index is 0.614. The standard InChI is InChI=1S/C62H80N24O29P6S6/c1-5-28-29(6-40(104-28)81-12-26(2)57(87)79-61(81)90)111-117(93,123)99-16-37-32(9-42(106-37)83-22-73-46-50(63)67-19-70-53(46)83)114-120(96,126)102-18-39-34(11-44(108-39)85-24-75-48-52(65)69-21-72-55(48)85)115-121(97,127)103-17-38-33(10-43(107-38)84-23-74-47-51(64)68-20-71-54(47)84)113-119(95,125)101-15-36-31(7-41(105-36)82-13-27(3)58(88)80-62(82)91)112-118(94,124)100-14-35-30(110-116(92,122)98-4)8-45(109-35)86-25-76-49-56(86)77-60(66)78-59(49)89/h12-13,19-25,28-45H,5-11,14-18H2,1-4H3,(H,92,122)(H,93,123)(H,94,124)(H,95,125)(H,96,126)(H,97,127)(H2,63,67,70)(H2,64,68,71)(H2,65,69,72)(H,79,87,90)(H,80,88,91)(H3,66,77,78,89)/p-6/t28-,29?,30?,31?,32?,33?,34?,35-,36-,37-,38-,39-,40-,41-,42-,43-,44-,45-,116?,117?,118?,119?,120?,121?/m1/s1. The molecule has 53 nitrogen and oxygen atoms in total. The van der Waals surface area contributed by atoms with Gasteiger partial charge in [-0.3, -0.25) is 61.3 Å². The summed E-state index contributed by atoms with van der Waals surface area (Å²) in [6, 6.07) is 0. The molecule has 0 aliphatic carbocycles. The normalized spacial score (nSPS) is 29.3. The molecule has 0 amide bonds. The molecule has 6 saturated heterocycles. The molecule has 0 bridgehead atoms. The van der Waals surface area contributed by atoms with Gasteiger partial charge in [-0.25, -0.2) is 59.4 Å². The average molecular weight is 2000 g/mol. The van der Waals surface area contributed by atoms with Crippen LogP contribution < -0.4 is 75.5 Å². The highest BCUT2D eigenvalue weighted by Crippen LogP contribution is 2.56. The second kappa shape index (κ2) is 37.5. The van der Waals surface area contributed by atoms with Gasteiger partial charge in [0, 0.05) is 69.2 Å². The van der Waals surface area contributed by atoms with Gasteiger partial charge in [0.05, 0.1) is 101 Å². The monoisotopic (exact) mass is 2000 g/mol. The van der Waals surface area contributed by atoms with Crippen molar-refractivity contribution in [2.24, 2.45) is 0 Å². The molecule has 24 atom stereocenters. The number of nitrogens with zero attached hydrogens (tertiary/aromatic N) is 17. The Morgan fingerprint density at radius 1 is 0.409 bits per heavy atom. The minimum absolute atomic E-state index is 0.00105. The van der Waals surface area contributed by atoms with Gasteiger partial charge >= 0.3 is 11.4 Å². The number of rotatable bonds is 35. The zero-order valence-corrected chi connectivity index (χ0v) is 76.2. The number of nitrogens with one attached hydrogen (secondary N) is 3. The Labute approximate surface area is 743 Å². The van der Waals surface area contributed by atoms with Gasteiger partial charge < -0.3 is 142 Å². The highest BCUT2D eigenvalue weighted by atomic mass is 32.7. The van der Waals surface area contributed by atoms with Crippen LogP contribution in [0.5, 0.6) is 0 Å². The maximum atomic E-state index is 15.0. The lowest BCUT2D eigenvalue weighted by Crippen LogP contribution is -2.34. The fourth-order valence-corrected chi connectivity index (χ4v) is 23.3. The maximum Gasteiger partial charge on any atom is 0.330 e. The van der Waals surface area contributed by atoms with E-state index in [-0.39, 0.29) is 118 Å². The van der Waals surface area contributed by atoms with Crippen LogP contribution in [0.25, 0.3) is 44.7 Å². The molecule has 0 spiro atoms. The molecule has 11 N–H and O–H groups in total. The number of fused-ring (bicyclic) bond motifs is 4. The van der Waals surface area contributed by atoms with Gasteiger partial charge in [-0.05, 0) is 20.3 Å². The lowest BCUT2D eigenvalue weighted by Gasteiger charge is -2.36. The largest absolute Gasteiger partial charge is 0.780 e. The first-order valence-corrected chi connectivity index (χ1v) is 53.3. The second-order valence-electron chi connectivity index (χ2n) is 29.3. The Morgan fingerprint density at radius 2 is 0.701 bits per heavy atom. The van der Waals surface area contributed by atoms with E-state index >= 15 is 0 Å². The van der Waals surface area contributed by atoms with Crippen LogP contribution in [0.15, 0.2) is 80.7 Å². The summed E-state index contributed by atoms with van der Waals surface area (Å²) in [5, 5.41) is 0. The molecule has 6 fully saturated rings. The van der Waals surface area contributed by atoms with Gasteiger partial charge in [-0.2, -0.15) is 4.98 Å². The predicted molar refractivity (Wildman–Crippen MR) is 448 cm³/mol. The van der Waals surface area contributed by atoms with Crippen LogP contribution in [0.2, 0.25) is 0 Å². The van der Waals surface area contributed by atoms with Crippen LogP contribution in [0.4, 0.5) is 23.4 Å². The Bertz CT molecular complexity index is 6470. The molecule has 0 saturated carbocycles. The third kappa shape index (κ3) is 21.0. The summed E-state index contributed by atoms with van der Waals surface area (Å²) in [6.07, 6.45) is -12.3. The molecular formula is C62H74N24O29P6S6-6. The first-order valence-electron chi connectivity index (χ1n) is 38.0. The third-order valence-corrected chi connectivity index (χ3v) is 30.6. The molecule has 6 aliphatic rings. The van der Waals surface area contributed by atoms with E-state index in [1.165, 1.54) is 87.0 Å². The van der Waals surface area contributed by atoms with Crippen LogP contribution in [0.3, 0.4) is 0 Å². The molecule has 0 aromatic carbocycles. The van der Waals surface area contributed by atoms with Crippen molar-refractivity contribution in [1.82, 2.24) is 97.2 Å². The van der Waals surface area contributed by atoms with Crippen LogP contribution in [0, 0.1) is 13.8 Å². The first kappa shape index (κ1) is 93.7. The summed E-state index contributed by atoms with van der Waals surface area (Å²) in [5.41, 5.74) is 21.8. The number of aryl methyl sites for hydroxylation is 2. The molecule has 127 heavy (non-hydrogen) atoms. The summed E-state index contributed by atoms with van der Waals surface area (Å²) in [4.78, 5) is 188. The topological polar surface area (TPSA) is 707 Å². The lowest BCUT2D eigenvalue weighted by atomic mass is 10.1. The second-order valence-corrected chi connectivity index (χ2v) is 45.6. The van der Waals surface area contributed by atoms with Crippen LogP contribution >= 0.6 is 40.4 Å². The molecule has 16 heterocycles. The molecule has 16 rings (SSSR count). The van der Waals surface area contributed by atoms with Crippen LogP contribution in [0.1, 0.15) is 100 Å². The summed E-state index contributed by atoms with van der Waals surface area (Å²) in [7, 11) is 1.05. The minimum atomic E-state index is -4.92. The summed E-state index contributed by atoms with van der Waals surface area (Å²) >= 11 is 32.6. The highest BCUT2D eigenvalue weighted by Gasteiger charge is 2.48. The molecule has 0 radical (unpaired) electrons. The number of ether oxygens (including phenoxy) is 6. The Kier molecular flexibility index (Phi) is 27.7. The molecule has 10 aromatic heterocycles. The van der Waals surface area contributed by atoms with Crippen molar-refractivity contribution in [3.8, 4) is 0 Å². The molecule has 65 heteroatoms. The van der Waals surface area contributed by atoms with Crippen molar-refractivity contribution in [3.63, 3.8) is 0 Å². The molecule has 10 aromatic rings. The van der Waals surface area contributed by atoms with Gasteiger partial charge in [0.15, 0.2) is 52.4 Å². The van der Waals surface area contributed by atoms with Crippen molar-refractivity contribution in [2.75, 3.05) is 63.1 Å². The van der Waals surface area contributed by atoms with Crippen LogP contribution in [-0.4, -0.2) is 211 Å². The van der Waals surface area contributed by atoms with Crippen molar-refractivity contribution in [3.05, 3.63) is 120 Å². The van der Waals surface area contributed by atoms with E-state index < -0.39 is 212 Å². The summed E-state index contributed by atoms with van der Waals surface area (Å²) < 4.78 is 131. The lowest BCUT2D eigenvalue weighted by molar-refractivity contribution is -0.221. The van der Waals surface area contributed by atoms with Crippen molar-refractivity contribution >= 4 is 180 Å². The quantitative estimate of drug-likeness (QED) is 0.0174. The van der Waals surface area contributed by atoms with E-state index in [0.717, 1.165) is 18.0 Å². The number of hydrogen-bond donors (Lipinski definition) is 7. The highest BCUT2D eigenvalue weighted by molar-refractivity contribution is 8.32.